The van der Waals surface area contributed by atoms with Gasteiger partial charge in [-0.1, -0.05) is 29.3 Å². The van der Waals surface area contributed by atoms with Gasteiger partial charge in [-0.3, -0.25) is 4.99 Å². The van der Waals surface area contributed by atoms with Crippen LogP contribution in [-0.4, -0.2) is 21.9 Å². The van der Waals surface area contributed by atoms with E-state index in [1.807, 2.05) is 29.0 Å². The number of carbonyl (C=O) groups is 1. The largest absolute Gasteiger partial charge is 0.478 e. The summed E-state index contributed by atoms with van der Waals surface area (Å²) in [5, 5.41) is 10.1. The van der Waals surface area contributed by atoms with Crippen LogP contribution in [0, 0.1) is 0 Å². The second-order valence-electron chi connectivity index (χ2n) is 5.01. The second-order valence-corrected chi connectivity index (χ2v) is 5.86. The number of hydrogen-bond acceptors (Lipinski definition) is 2. The van der Waals surface area contributed by atoms with Crippen LogP contribution in [0.25, 0.3) is 5.69 Å². The fourth-order valence-corrected chi connectivity index (χ4v) is 2.70. The topological polar surface area (TPSA) is 54.6 Å². The summed E-state index contributed by atoms with van der Waals surface area (Å²) in [5.74, 6) is -0.966. The Labute approximate surface area is 148 Å². The Bertz CT molecular complexity index is 932. The molecule has 2 aromatic carbocycles. The Balaban J connectivity index is 1.95. The van der Waals surface area contributed by atoms with Gasteiger partial charge in [0.05, 0.1) is 28.2 Å². The summed E-state index contributed by atoms with van der Waals surface area (Å²) in [7, 11) is 0. The van der Waals surface area contributed by atoms with Crippen molar-refractivity contribution in [1.29, 1.82) is 0 Å². The fourth-order valence-electron chi connectivity index (χ4n) is 2.24. The average molecular weight is 359 g/mol. The van der Waals surface area contributed by atoms with E-state index in [4.69, 9.17) is 28.3 Å². The van der Waals surface area contributed by atoms with Crippen LogP contribution in [-0.2, 0) is 0 Å². The first-order valence-electron chi connectivity index (χ1n) is 7.05. The molecule has 4 nitrogen and oxygen atoms in total. The van der Waals surface area contributed by atoms with Crippen LogP contribution in [0.2, 0.25) is 10.0 Å². The first-order chi connectivity index (χ1) is 11.5. The lowest BCUT2D eigenvalue weighted by Crippen LogP contribution is -2.01. The quantitative estimate of drug-likeness (QED) is 0.648. The molecule has 0 fully saturated rings. The Morgan fingerprint density at radius 1 is 1.08 bits per heavy atom. The van der Waals surface area contributed by atoms with Gasteiger partial charge in [0.25, 0.3) is 0 Å². The number of aromatic nitrogens is 1. The lowest BCUT2D eigenvalue weighted by atomic mass is 10.2. The minimum Gasteiger partial charge on any atom is -0.478 e. The van der Waals surface area contributed by atoms with Crippen LogP contribution in [0.1, 0.15) is 16.1 Å². The highest BCUT2D eigenvalue weighted by Gasteiger charge is 2.06. The SMILES string of the molecule is O=C(O)c1cccc(-n2cccc2C=Nc2ccc(Cl)cc2Cl)c1. The molecule has 0 unspecified atom stereocenters. The minimum atomic E-state index is -0.966. The number of hydrogen-bond donors (Lipinski definition) is 1. The van der Waals surface area contributed by atoms with Crippen molar-refractivity contribution in [3.8, 4) is 5.69 Å². The Kier molecular flexibility index (Phi) is 4.69. The van der Waals surface area contributed by atoms with E-state index in [1.165, 1.54) is 0 Å². The Morgan fingerprint density at radius 2 is 1.92 bits per heavy atom. The summed E-state index contributed by atoms with van der Waals surface area (Å²) in [5.41, 5.74) is 2.37. The highest BCUT2D eigenvalue weighted by Crippen LogP contribution is 2.27. The predicted molar refractivity (Wildman–Crippen MR) is 96.4 cm³/mol. The van der Waals surface area contributed by atoms with Gasteiger partial charge in [-0.2, -0.15) is 0 Å². The number of aliphatic imine (C=N–C) groups is 1. The van der Waals surface area contributed by atoms with Crippen LogP contribution in [0.15, 0.2) is 65.8 Å². The molecule has 6 heteroatoms. The third-order valence-corrected chi connectivity index (χ3v) is 3.94. The number of carboxylic acids is 1. The summed E-state index contributed by atoms with van der Waals surface area (Å²) in [6, 6.07) is 15.5. The second kappa shape index (κ2) is 6.91. The minimum absolute atomic E-state index is 0.227. The molecular formula is C18H12Cl2N2O2. The van der Waals surface area contributed by atoms with Crippen molar-refractivity contribution in [3.63, 3.8) is 0 Å². The van der Waals surface area contributed by atoms with E-state index >= 15 is 0 Å². The van der Waals surface area contributed by atoms with Crippen molar-refractivity contribution in [2.24, 2.45) is 4.99 Å². The van der Waals surface area contributed by atoms with E-state index in [0.29, 0.717) is 15.7 Å². The number of benzene rings is 2. The maximum Gasteiger partial charge on any atom is 0.335 e. The monoisotopic (exact) mass is 358 g/mol. The maximum absolute atomic E-state index is 11.1. The molecule has 0 radical (unpaired) electrons. The molecule has 3 rings (SSSR count). The van der Waals surface area contributed by atoms with E-state index in [9.17, 15) is 4.79 Å². The van der Waals surface area contributed by atoms with Crippen molar-refractivity contribution in [1.82, 2.24) is 4.57 Å². The lowest BCUT2D eigenvalue weighted by Gasteiger charge is -2.07. The van der Waals surface area contributed by atoms with E-state index in [1.54, 1.807) is 42.6 Å². The van der Waals surface area contributed by atoms with Gasteiger partial charge in [-0.25, -0.2) is 4.79 Å². The summed E-state index contributed by atoms with van der Waals surface area (Å²) in [4.78, 5) is 15.5. The molecule has 0 saturated carbocycles. The fraction of sp³-hybridized carbons (Fsp3) is 0. The van der Waals surface area contributed by atoms with Gasteiger partial charge in [0.1, 0.15) is 0 Å². The molecular weight excluding hydrogens is 347 g/mol. The van der Waals surface area contributed by atoms with E-state index < -0.39 is 5.97 Å². The normalized spacial score (nSPS) is 11.1. The molecule has 0 bridgehead atoms. The van der Waals surface area contributed by atoms with E-state index in [2.05, 4.69) is 4.99 Å². The molecule has 120 valence electrons. The van der Waals surface area contributed by atoms with Gasteiger partial charge in [-0.15, -0.1) is 0 Å². The summed E-state index contributed by atoms with van der Waals surface area (Å²) in [6.07, 6.45) is 3.51. The number of carboxylic acid groups (broad SMARTS) is 1. The Morgan fingerprint density at radius 3 is 2.67 bits per heavy atom. The van der Waals surface area contributed by atoms with Gasteiger partial charge in [-0.05, 0) is 48.5 Å². The molecule has 0 saturated heterocycles. The first-order valence-corrected chi connectivity index (χ1v) is 7.80. The van der Waals surface area contributed by atoms with Gasteiger partial charge in [0, 0.05) is 16.9 Å². The molecule has 0 aliphatic rings. The molecule has 0 spiro atoms. The Hall–Kier alpha value is -2.56. The first kappa shape index (κ1) is 16.3. The zero-order valence-corrected chi connectivity index (χ0v) is 13.9. The molecule has 24 heavy (non-hydrogen) atoms. The number of halogens is 2. The van der Waals surface area contributed by atoms with Crippen molar-refractivity contribution >= 4 is 41.1 Å². The van der Waals surface area contributed by atoms with Gasteiger partial charge in [0.15, 0.2) is 0 Å². The molecule has 0 aliphatic heterocycles. The molecule has 0 amide bonds. The van der Waals surface area contributed by atoms with E-state index in [0.717, 1.165) is 11.4 Å². The van der Waals surface area contributed by atoms with Crippen molar-refractivity contribution in [3.05, 3.63) is 82.1 Å². The third kappa shape index (κ3) is 3.50. The lowest BCUT2D eigenvalue weighted by molar-refractivity contribution is 0.0697. The average Bonchev–Trinajstić information content (AvgIpc) is 3.02. The zero-order valence-electron chi connectivity index (χ0n) is 12.4. The van der Waals surface area contributed by atoms with Crippen LogP contribution in [0.3, 0.4) is 0 Å². The van der Waals surface area contributed by atoms with Crippen LogP contribution < -0.4 is 0 Å². The van der Waals surface area contributed by atoms with Crippen LogP contribution in [0.5, 0.6) is 0 Å². The standard InChI is InChI=1S/C18H12Cl2N2O2/c19-13-6-7-17(16(20)10-13)21-11-15-5-2-8-22(15)14-4-1-3-12(9-14)18(23)24/h1-11H,(H,23,24). The molecule has 3 aromatic rings. The van der Waals surface area contributed by atoms with Gasteiger partial charge < -0.3 is 9.67 Å². The number of nitrogens with zero attached hydrogens (tertiary/aromatic N) is 2. The van der Waals surface area contributed by atoms with Crippen molar-refractivity contribution < 1.29 is 9.90 Å². The summed E-state index contributed by atoms with van der Waals surface area (Å²) < 4.78 is 1.85. The molecule has 1 heterocycles. The molecule has 0 atom stereocenters. The molecule has 1 aromatic heterocycles. The smallest absolute Gasteiger partial charge is 0.335 e. The third-order valence-electron chi connectivity index (χ3n) is 3.40. The van der Waals surface area contributed by atoms with Gasteiger partial charge >= 0.3 is 5.97 Å². The zero-order chi connectivity index (χ0) is 17.1. The van der Waals surface area contributed by atoms with Crippen LogP contribution >= 0.6 is 23.2 Å². The highest BCUT2D eigenvalue weighted by atomic mass is 35.5. The van der Waals surface area contributed by atoms with Gasteiger partial charge in [0.2, 0.25) is 0 Å². The van der Waals surface area contributed by atoms with Crippen LogP contribution in [0.4, 0.5) is 5.69 Å². The molecule has 0 aliphatic carbocycles. The summed E-state index contributed by atoms with van der Waals surface area (Å²) >= 11 is 12.0. The predicted octanol–water partition coefficient (Wildman–Crippen LogP) is 5.23. The van der Waals surface area contributed by atoms with E-state index in [-0.39, 0.29) is 5.56 Å². The number of rotatable bonds is 4. The van der Waals surface area contributed by atoms with Crippen molar-refractivity contribution in [2.45, 2.75) is 0 Å². The molecule has 1 N–H and O–H groups in total. The summed E-state index contributed by atoms with van der Waals surface area (Å²) in [6.45, 7) is 0. The van der Waals surface area contributed by atoms with Crippen molar-refractivity contribution in [2.75, 3.05) is 0 Å². The highest BCUT2D eigenvalue weighted by molar-refractivity contribution is 6.36. The maximum atomic E-state index is 11.1. The number of aromatic carboxylic acids is 1.